The minimum Gasteiger partial charge on any atom is -0.491 e. The molecule has 0 aromatic heterocycles. The van der Waals surface area contributed by atoms with Crippen LogP contribution in [0.1, 0.15) is 33.1 Å². The van der Waals surface area contributed by atoms with Crippen LogP contribution in [0.4, 0.5) is 5.69 Å². The maximum absolute atomic E-state index is 12.0. The Morgan fingerprint density at radius 2 is 2.00 bits per heavy atom. The molecule has 1 N–H and O–H groups in total. The van der Waals surface area contributed by atoms with E-state index in [1.165, 1.54) is 0 Å². The highest BCUT2D eigenvalue weighted by Crippen LogP contribution is 2.41. The maximum atomic E-state index is 12.0. The van der Waals surface area contributed by atoms with E-state index in [2.05, 4.69) is 11.4 Å². The fourth-order valence-corrected chi connectivity index (χ4v) is 2.06. The number of nitriles is 1. The van der Waals surface area contributed by atoms with Crippen molar-refractivity contribution < 1.29 is 9.53 Å². The normalized spacial score (nSPS) is 16.3. The van der Waals surface area contributed by atoms with Gasteiger partial charge >= 0.3 is 0 Å². The van der Waals surface area contributed by atoms with Crippen molar-refractivity contribution in [3.05, 3.63) is 24.3 Å². The van der Waals surface area contributed by atoms with Crippen LogP contribution >= 0.6 is 0 Å². The van der Waals surface area contributed by atoms with Crippen LogP contribution in [0.25, 0.3) is 0 Å². The van der Waals surface area contributed by atoms with Gasteiger partial charge in [0.2, 0.25) is 5.91 Å². The molecule has 4 nitrogen and oxygen atoms in total. The Balaban J connectivity index is 2.00. The Kier molecular flexibility index (Phi) is 3.75. The topological polar surface area (TPSA) is 62.1 Å². The highest BCUT2D eigenvalue weighted by atomic mass is 16.5. The van der Waals surface area contributed by atoms with Gasteiger partial charge < -0.3 is 10.1 Å². The van der Waals surface area contributed by atoms with E-state index in [-0.39, 0.29) is 12.0 Å². The lowest BCUT2D eigenvalue weighted by Gasteiger charge is -2.33. The Morgan fingerprint density at radius 3 is 2.42 bits per heavy atom. The van der Waals surface area contributed by atoms with Gasteiger partial charge in [-0.3, -0.25) is 4.79 Å². The lowest BCUT2D eigenvalue weighted by Crippen LogP contribution is -2.40. The van der Waals surface area contributed by atoms with Crippen molar-refractivity contribution in [1.82, 2.24) is 0 Å². The van der Waals surface area contributed by atoms with E-state index in [4.69, 9.17) is 10.00 Å². The highest BCUT2D eigenvalue weighted by molar-refractivity contribution is 5.97. The predicted octanol–water partition coefficient (Wildman–Crippen LogP) is 3.11. The molecule has 1 aliphatic carbocycles. The molecule has 0 aliphatic heterocycles. The minimum atomic E-state index is -0.812. The first-order chi connectivity index (χ1) is 9.05. The SMILES string of the molecule is CC(C)Oc1ccc(NC(=O)C2(C#N)CCC2)cc1. The van der Waals surface area contributed by atoms with E-state index in [9.17, 15) is 4.79 Å². The van der Waals surface area contributed by atoms with Gasteiger partial charge in [0.05, 0.1) is 12.2 Å². The van der Waals surface area contributed by atoms with Crippen LogP contribution in [0, 0.1) is 16.7 Å². The van der Waals surface area contributed by atoms with E-state index in [1.54, 1.807) is 12.1 Å². The van der Waals surface area contributed by atoms with Crippen LogP contribution < -0.4 is 10.1 Å². The van der Waals surface area contributed by atoms with Gasteiger partial charge in [-0.15, -0.1) is 0 Å². The van der Waals surface area contributed by atoms with E-state index >= 15 is 0 Å². The average Bonchev–Trinajstić information content (AvgIpc) is 2.30. The van der Waals surface area contributed by atoms with Crippen LogP contribution in [-0.2, 0) is 4.79 Å². The highest BCUT2D eigenvalue weighted by Gasteiger charge is 2.44. The summed E-state index contributed by atoms with van der Waals surface area (Å²) in [6, 6.07) is 9.35. The summed E-state index contributed by atoms with van der Waals surface area (Å²) in [6.07, 6.45) is 2.38. The number of benzene rings is 1. The van der Waals surface area contributed by atoms with Gasteiger partial charge in [0.25, 0.3) is 0 Å². The summed E-state index contributed by atoms with van der Waals surface area (Å²) in [5, 5.41) is 11.9. The number of hydrogen-bond acceptors (Lipinski definition) is 3. The van der Waals surface area contributed by atoms with E-state index in [1.807, 2.05) is 26.0 Å². The molecule has 2 rings (SSSR count). The standard InChI is InChI=1S/C15H18N2O2/c1-11(2)19-13-6-4-12(5-7-13)17-14(18)15(10-16)8-3-9-15/h4-7,11H,3,8-9H2,1-2H3,(H,17,18). The summed E-state index contributed by atoms with van der Waals surface area (Å²) in [7, 11) is 0. The fraction of sp³-hybridized carbons (Fsp3) is 0.467. The molecule has 1 aromatic carbocycles. The van der Waals surface area contributed by atoms with Crippen molar-refractivity contribution >= 4 is 11.6 Å². The van der Waals surface area contributed by atoms with Gasteiger partial charge in [0, 0.05) is 5.69 Å². The summed E-state index contributed by atoms with van der Waals surface area (Å²) in [4.78, 5) is 12.0. The Morgan fingerprint density at radius 1 is 1.37 bits per heavy atom. The Labute approximate surface area is 113 Å². The molecule has 0 radical (unpaired) electrons. The number of hydrogen-bond donors (Lipinski definition) is 1. The summed E-state index contributed by atoms with van der Waals surface area (Å²) in [5.41, 5.74) is -0.116. The molecule has 19 heavy (non-hydrogen) atoms. The summed E-state index contributed by atoms with van der Waals surface area (Å²) in [6.45, 7) is 3.92. The first kappa shape index (κ1) is 13.4. The van der Waals surface area contributed by atoms with Crippen molar-refractivity contribution in [2.75, 3.05) is 5.32 Å². The molecule has 1 aliphatic rings. The number of amides is 1. The van der Waals surface area contributed by atoms with Gasteiger partial charge in [-0.1, -0.05) is 0 Å². The second-order valence-electron chi connectivity index (χ2n) is 5.19. The Bertz CT molecular complexity index is 496. The van der Waals surface area contributed by atoms with Crippen LogP contribution in [0.15, 0.2) is 24.3 Å². The molecule has 1 amide bonds. The largest absolute Gasteiger partial charge is 0.491 e. The lowest BCUT2D eigenvalue weighted by atomic mass is 9.69. The zero-order valence-electron chi connectivity index (χ0n) is 11.3. The lowest BCUT2D eigenvalue weighted by molar-refractivity contribution is -0.126. The molecule has 0 atom stereocenters. The smallest absolute Gasteiger partial charge is 0.244 e. The molecule has 1 fully saturated rings. The summed E-state index contributed by atoms with van der Waals surface area (Å²) >= 11 is 0. The molecular weight excluding hydrogens is 240 g/mol. The van der Waals surface area contributed by atoms with Gasteiger partial charge in [0.1, 0.15) is 11.2 Å². The van der Waals surface area contributed by atoms with Gasteiger partial charge in [-0.05, 0) is 57.4 Å². The number of nitrogens with one attached hydrogen (secondary N) is 1. The molecule has 1 aromatic rings. The number of anilines is 1. The first-order valence-electron chi connectivity index (χ1n) is 6.55. The molecule has 0 spiro atoms. The molecule has 0 bridgehead atoms. The van der Waals surface area contributed by atoms with Gasteiger partial charge in [-0.2, -0.15) is 5.26 Å². The molecular formula is C15H18N2O2. The zero-order valence-corrected chi connectivity index (χ0v) is 11.3. The minimum absolute atomic E-state index is 0.122. The van der Waals surface area contributed by atoms with Crippen LogP contribution in [0.3, 0.4) is 0 Å². The number of rotatable bonds is 4. The van der Waals surface area contributed by atoms with Gasteiger partial charge in [0.15, 0.2) is 0 Å². The number of ether oxygens (including phenoxy) is 1. The number of nitrogens with zero attached hydrogens (tertiary/aromatic N) is 1. The first-order valence-corrected chi connectivity index (χ1v) is 6.55. The van der Waals surface area contributed by atoms with Crippen molar-refractivity contribution in [3.63, 3.8) is 0 Å². The molecule has 4 heteroatoms. The second-order valence-corrected chi connectivity index (χ2v) is 5.19. The quantitative estimate of drug-likeness (QED) is 0.902. The third-order valence-electron chi connectivity index (χ3n) is 3.34. The third-order valence-corrected chi connectivity index (χ3v) is 3.34. The third kappa shape index (κ3) is 2.87. The van der Waals surface area contributed by atoms with Crippen molar-refractivity contribution in [1.29, 1.82) is 5.26 Å². The van der Waals surface area contributed by atoms with Crippen LogP contribution in [0.5, 0.6) is 5.75 Å². The van der Waals surface area contributed by atoms with Crippen LogP contribution in [-0.4, -0.2) is 12.0 Å². The molecule has 1 saturated carbocycles. The molecule has 0 heterocycles. The zero-order chi connectivity index (χ0) is 13.9. The monoisotopic (exact) mass is 258 g/mol. The molecule has 100 valence electrons. The van der Waals surface area contributed by atoms with E-state index in [0.29, 0.717) is 18.5 Å². The molecule has 0 saturated heterocycles. The average molecular weight is 258 g/mol. The van der Waals surface area contributed by atoms with Gasteiger partial charge in [-0.25, -0.2) is 0 Å². The Hall–Kier alpha value is -2.02. The summed E-state index contributed by atoms with van der Waals surface area (Å²) < 4.78 is 5.53. The summed E-state index contributed by atoms with van der Waals surface area (Å²) in [5.74, 6) is 0.574. The van der Waals surface area contributed by atoms with Crippen molar-refractivity contribution in [3.8, 4) is 11.8 Å². The van der Waals surface area contributed by atoms with Crippen molar-refractivity contribution in [2.24, 2.45) is 5.41 Å². The number of carbonyl (C=O) groups excluding carboxylic acids is 1. The fourth-order valence-electron chi connectivity index (χ4n) is 2.06. The van der Waals surface area contributed by atoms with Crippen LogP contribution in [0.2, 0.25) is 0 Å². The number of carbonyl (C=O) groups is 1. The maximum Gasteiger partial charge on any atom is 0.244 e. The second kappa shape index (κ2) is 5.31. The molecule has 0 unspecified atom stereocenters. The van der Waals surface area contributed by atoms with Crippen molar-refractivity contribution in [2.45, 2.75) is 39.2 Å². The van der Waals surface area contributed by atoms with E-state index in [0.717, 1.165) is 12.2 Å². The predicted molar refractivity (Wildman–Crippen MR) is 72.7 cm³/mol. The van der Waals surface area contributed by atoms with E-state index < -0.39 is 5.41 Å².